The maximum atomic E-state index is 11.6. The lowest BCUT2D eigenvalue weighted by Crippen LogP contribution is -2.35. The van der Waals surface area contributed by atoms with Crippen molar-refractivity contribution in [1.29, 1.82) is 0 Å². The summed E-state index contributed by atoms with van der Waals surface area (Å²) < 4.78 is 11.7. The van der Waals surface area contributed by atoms with E-state index in [1.54, 1.807) is 25.2 Å². The molecule has 0 radical (unpaired) electrons. The molecule has 1 heterocycles. The lowest BCUT2D eigenvalue weighted by Gasteiger charge is -2.32. The first-order chi connectivity index (χ1) is 9.49. The van der Waals surface area contributed by atoms with Gasteiger partial charge in [0, 0.05) is 25.5 Å². The normalized spacial score (nSPS) is 26.1. The molecule has 0 saturated carbocycles. The molecule has 20 heavy (non-hydrogen) atoms. The van der Waals surface area contributed by atoms with Crippen LogP contribution in [0.1, 0.15) is 37.0 Å². The van der Waals surface area contributed by atoms with Crippen LogP contribution in [0.4, 0.5) is 5.69 Å². The van der Waals surface area contributed by atoms with Gasteiger partial charge in [-0.05, 0) is 32.0 Å². The summed E-state index contributed by atoms with van der Waals surface area (Å²) in [6, 6.07) is 5.08. The second kappa shape index (κ2) is 6.13. The lowest BCUT2D eigenvalue weighted by atomic mass is 10.0. The first kappa shape index (κ1) is 14.7. The van der Waals surface area contributed by atoms with Gasteiger partial charge < -0.3 is 20.5 Å². The van der Waals surface area contributed by atoms with Gasteiger partial charge in [-0.3, -0.25) is 4.79 Å². The number of rotatable bonds is 3. The number of hydrogen-bond donors (Lipinski definition) is 2. The minimum absolute atomic E-state index is 0.0657. The van der Waals surface area contributed by atoms with Crippen molar-refractivity contribution in [2.45, 2.75) is 45.0 Å². The summed E-state index contributed by atoms with van der Waals surface area (Å²) in [7, 11) is 1.60. The molecule has 1 aromatic rings. The van der Waals surface area contributed by atoms with E-state index in [0.29, 0.717) is 17.0 Å². The molecule has 2 atom stereocenters. The Hall–Kier alpha value is -1.75. The Labute approximate surface area is 119 Å². The molecular formula is C15H22N2O3. The summed E-state index contributed by atoms with van der Waals surface area (Å²) in [5.74, 6) is 0.418. The molecule has 0 aliphatic carbocycles. The molecule has 5 heteroatoms. The molecule has 2 rings (SSSR count). The van der Waals surface area contributed by atoms with Crippen molar-refractivity contribution in [3.8, 4) is 5.75 Å². The van der Waals surface area contributed by atoms with Crippen molar-refractivity contribution in [3.05, 3.63) is 23.8 Å². The number of carbonyl (C=O) groups is 1. The third kappa shape index (κ3) is 3.42. The number of amides is 1. The maximum absolute atomic E-state index is 11.6. The van der Waals surface area contributed by atoms with Gasteiger partial charge in [0.25, 0.3) is 5.91 Å². The SMILES string of the molecule is CNC(=O)c1ccc(N)c(OC2CC(C)OC(C)C2)c1. The zero-order chi connectivity index (χ0) is 14.7. The second-order valence-electron chi connectivity index (χ2n) is 5.30. The molecule has 0 spiro atoms. The minimum Gasteiger partial charge on any atom is -0.488 e. The van der Waals surface area contributed by atoms with Crippen LogP contribution in [-0.2, 0) is 4.74 Å². The van der Waals surface area contributed by atoms with Gasteiger partial charge in [0.1, 0.15) is 11.9 Å². The third-order valence-corrected chi connectivity index (χ3v) is 3.45. The summed E-state index contributed by atoms with van der Waals surface area (Å²) in [5.41, 5.74) is 7.02. The van der Waals surface area contributed by atoms with Crippen molar-refractivity contribution in [2.24, 2.45) is 0 Å². The van der Waals surface area contributed by atoms with Crippen LogP contribution in [0.2, 0.25) is 0 Å². The quantitative estimate of drug-likeness (QED) is 0.829. The summed E-state index contributed by atoms with van der Waals surface area (Å²) in [4.78, 5) is 11.6. The Bertz CT molecular complexity index is 480. The molecule has 0 aromatic heterocycles. The van der Waals surface area contributed by atoms with E-state index in [2.05, 4.69) is 5.32 Å². The zero-order valence-electron chi connectivity index (χ0n) is 12.2. The maximum Gasteiger partial charge on any atom is 0.251 e. The lowest BCUT2D eigenvalue weighted by molar-refractivity contribution is -0.0720. The van der Waals surface area contributed by atoms with E-state index in [-0.39, 0.29) is 24.2 Å². The van der Waals surface area contributed by atoms with Gasteiger partial charge in [-0.15, -0.1) is 0 Å². The largest absolute Gasteiger partial charge is 0.488 e. The van der Waals surface area contributed by atoms with Gasteiger partial charge in [-0.2, -0.15) is 0 Å². The van der Waals surface area contributed by atoms with Crippen molar-refractivity contribution in [1.82, 2.24) is 5.32 Å². The second-order valence-corrected chi connectivity index (χ2v) is 5.30. The van der Waals surface area contributed by atoms with Gasteiger partial charge in [-0.1, -0.05) is 0 Å². The zero-order valence-corrected chi connectivity index (χ0v) is 12.2. The van der Waals surface area contributed by atoms with E-state index in [9.17, 15) is 4.79 Å². The average Bonchev–Trinajstić information content (AvgIpc) is 2.39. The molecule has 1 amide bonds. The Morgan fingerprint density at radius 2 is 2.00 bits per heavy atom. The number of anilines is 1. The van der Waals surface area contributed by atoms with E-state index in [0.717, 1.165) is 12.8 Å². The van der Waals surface area contributed by atoms with Gasteiger partial charge in [0.2, 0.25) is 0 Å². The number of hydrogen-bond acceptors (Lipinski definition) is 4. The Morgan fingerprint density at radius 3 is 2.60 bits per heavy atom. The van der Waals surface area contributed by atoms with Gasteiger partial charge in [0.15, 0.2) is 0 Å². The predicted molar refractivity (Wildman–Crippen MR) is 77.9 cm³/mol. The number of carbonyl (C=O) groups excluding carboxylic acids is 1. The van der Waals surface area contributed by atoms with Crippen LogP contribution in [0.25, 0.3) is 0 Å². The third-order valence-electron chi connectivity index (χ3n) is 3.45. The molecule has 2 unspecified atom stereocenters. The monoisotopic (exact) mass is 278 g/mol. The first-order valence-electron chi connectivity index (χ1n) is 6.93. The van der Waals surface area contributed by atoms with Crippen LogP contribution in [-0.4, -0.2) is 31.3 Å². The van der Waals surface area contributed by atoms with E-state index in [4.69, 9.17) is 15.2 Å². The van der Waals surface area contributed by atoms with E-state index in [1.807, 2.05) is 13.8 Å². The highest BCUT2D eigenvalue weighted by Gasteiger charge is 2.26. The fraction of sp³-hybridized carbons (Fsp3) is 0.533. The van der Waals surface area contributed by atoms with Crippen LogP contribution < -0.4 is 15.8 Å². The first-order valence-corrected chi connectivity index (χ1v) is 6.93. The highest BCUT2D eigenvalue weighted by molar-refractivity contribution is 5.95. The Kier molecular flexibility index (Phi) is 4.49. The van der Waals surface area contributed by atoms with Gasteiger partial charge in [0.05, 0.1) is 17.9 Å². The van der Waals surface area contributed by atoms with E-state index in [1.165, 1.54) is 0 Å². The number of nitrogens with one attached hydrogen (secondary N) is 1. The van der Waals surface area contributed by atoms with Gasteiger partial charge in [-0.25, -0.2) is 0 Å². The smallest absolute Gasteiger partial charge is 0.251 e. The average molecular weight is 278 g/mol. The van der Waals surface area contributed by atoms with Crippen LogP contribution in [0.15, 0.2) is 18.2 Å². The number of ether oxygens (including phenoxy) is 2. The molecular weight excluding hydrogens is 256 g/mol. The fourth-order valence-corrected chi connectivity index (χ4v) is 2.54. The molecule has 0 bridgehead atoms. The fourth-order valence-electron chi connectivity index (χ4n) is 2.54. The van der Waals surface area contributed by atoms with E-state index < -0.39 is 0 Å². The van der Waals surface area contributed by atoms with Crippen LogP contribution >= 0.6 is 0 Å². The number of benzene rings is 1. The predicted octanol–water partition coefficient (Wildman–Crippen LogP) is 1.96. The molecule has 1 saturated heterocycles. The molecule has 1 fully saturated rings. The van der Waals surface area contributed by atoms with Crippen LogP contribution in [0.5, 0.6) is 5.75 Å². The molecule has 1 aliphatic rings. The highest BCUT2D eigenvalue weighted by Crippen LogP contribution is 2.28. The summed E-state index contributed by atoms with van der Waals surface area (Å²) in [6.45, 7) is 4.08. The minimum atomic E-state index is -0.149. The van der Waals surface area contributed by atoms with Crippen molar-refractivity contribution < 1.29 is 14.3 Å². The Morgan fingerprint density at radius 1 is 1.35 bits per heavy atom. The Balaban J connectivity index is 2.13. The topological polar surface area (TPSA) is 73.6 Å². The van der Waals surface area contributed by atoms with E-state index >= 15 is 0 Å². The summed E-state index contributed by atoms with van der Waals surface area (Å²) in [6.07, 6.45) is 2.07. The number of nitrogen functional groups attached to an aromatic ring is 1. The number of nitrogens with two attached hydrogens (primary N) is 1. The summed E-state index contributed by atoms with van der Waals surface area (Å²) >= 11 is 0. The van der Waals surface area contributed by atoms with Crippen LogP contribution in [0, 0.1) is 0 Å². The summed E-state index contributed by atoms with van der Waals surface area (Å²) in [5, 5.41) is 2.59. The molecule has 110 valence electrons. The standard InChI is InChI=1S/C15H22N2O3/c1-9-6-12(7-10(2)19-9)20-14-8-11(15(18)17-3)4-5-13(14)16/h4-5,8-10,12H,6-7,16H2,1-3H3,(H,17,18). The molecule has 5 nitrogen and oxygen atoms in total. The van der Waals surface area contributed by atoms with Gasteiger partial charge >= 0.3 is 0 Å². The van der Waals surface area contributed by atoms with Crippen LogP contribution in [0.3, 0.4) is 0 Å². The molecule has 1 aromatic carbocycles. The van der Waals surface area contributed by atoms with Crippen molar-refractivity contribution in [3.63, 3.8) is 0 Å². The molecule has 1 aliphatic heterocycles. The van der Waals surface area contributed by atoms with Crippen molar-refractivity contribution >= 4 is 11.6 Å². The highest BCUT2D eigenvalue weighted by atomic mass is 16.5. The van der Waals surface area contributed by atoms with Crippen molar-refractivity contribution in [2.75, 3.05) is 12.8 Å². The molecule has 3 N–H and O–H groups in total.